The second kappa shape index (κ2) is 5.10. The fraction of sp³-hybridized carbons (Fsp3) is 0.667. The predicted molar refractivity (Wildman–Crippen MR) is 57.5 cm³/mol. The summed E-state index contributed by atoms with van der Waals surface area (Å²) in [5, 5.41) is 8.50. The van der Waals surface area contributed by atoms with Gasteiger partial charge in [0, 0.05) is 11.5 Å². The number of carboxylic acid groups (broad SMARTS) is 1. The zero-order valence-electron chi connectivity index (χ0n) is 9.11. The third kappa shape index (κ3) is 3.18. The smallest absolute Gasteiger partial charge is 0.327 e. The maximum atomic E-state index is 11.0. The zero-order chi connectivity index (χ0) is 11.3. The lowest BCUT2D eigenvalue weighted by atomic mass is 9.70. The van der Waals surface area contributed by atoms with Crippen molar-refractivity contribution in [2.45, 2.75) is 39.0 Å². The molecular weight excluding hydrogens is 192 g/mol. The second-order valence-electron chi connectivity index (χ2n) is 4.37. The van der Waals surface area contributed by atoms with Crippen molar-refractivity contribution in [1.29, 1.82) is 0 Å². The maximum absolute atomic E-state index is 11.0. The first-order valence-electron chi connectivity index (χ1n) is 5.49. The largest absolute Gasteiger partial charge is 0.478 e. The number of aldehydes is 1. The lowest BCUT2D eigenvalue weighted by Crippen LogP contribution is -2.27. The van der Waals surface area contributed by atoms with Crippen LogP contribution in [0.1, 0.15) is 39.0 Å². The van der Waals surface area contributed by atoms with Gasteiger partial charge in [-0.1, -0.05) is 13.0 Å². The minimum absolute atomic E-state index is 0.131. The lowest BCUT2D eigenvalue weighted by molar-refractivity contribution is -0.131. The van der Waals surface area contributed by atoms with E-state index in [1.807, 2.05) is 6.92 Å². The van der Waals surface area contributed by atoms with Gasteiger partial charge in [-0.2, -0.15) is 0 Å². The average Bonchev–Trinajstić information content (AvgIpc) is 2.27. The minimum atomic E-state index is -0.891. The Morgan fingerprint density at radius 3 is 2.47 bits per heavy atom. The SMILES string of the molecule is CCC1(C=O)CCC(/C=C/C(=O)O)CC1. The Morgan fingerprint density at radius 2 is 2.07 bits per heavy atom. The number of allylic oxidation sites excluding steroid dienone is 1. The van der Waals surface area contributed by atoms with Crippen LogP contribution in [0.4, 0.5) is 0 Å². The second-order valence-corrected chi connectivity index (χ2v) is 4.37. The zero-order valence-corrected chi connectivity index (χ0v) is 9.11. The third-order valence-electron chi connectivity index (χ3n) is 3.49. The van der Waals surface area contributed by atoms with E-state index in [9.17, 15) is 9.59 Å². The fourth-order valence-corrected chi connectivity index (χ4v) is 2.18. The molecule has 3 heteroatoms. The van der Waals surface area contributed by atoms with Gasteiger partial charge in [-0.15, -0.1) is 0 Å². The standard InChI is InChI=1S/C12H18O3/c1-2-12(9-13)7-5-10(6-8-12)3-4-11(14)15/h3-4,9-10H,2,5-8H2,1H3,(H,14,15)/b4-3+. The highest BCUT2D eigenvalue weighted by atomic mass is 16.4. The molecule has 0 atom stereocenters. The van der Waals surface area contributed by atoms with Crippen molar-refractivity contribution >= 4 is 12.3 Å². The predicted octanol–water partition coefficient (Wildman–Crippen LogP) is 2.41. The summed E-state index contributed by atoms with van der Waals surface area (Å²) in [4.78, 5) is 21.3. The van der Waals surface area contributed by atoms with Gasteiger partial charge in [-0.25, -0.2) is 4.79 Å². The molecule has 0 bridgehead atoms. The van der Waals surface area contributed by atoms with Crippen LogP contribution in [0, 0.1) is 11.3 Å². The van der Waals surface area contributed by atoms with Crippen molar-refractivity contribution in [3.05, 3.63) is 12.2 Å². The van der Waals surface area contributed by atoms with Crippen LogP contribution < -0.4 is 0 Å². The van der Waals surface area contributed by atoms with Crippen molar-refractivity contribution in [3.63, 3.8) is 0 Å². The van der Waals surface area contributed by atoms with Crippen LogP contribution in [-0.4, -0.2) is 17.4 Å². The Hall–Kier alpha value is -1.12. The molecule has 0 radical (unpaired) electrons. The number of aliphatic carboxylic acids is 1. The van der Waals surface area contributed by atoms with Crippen molar-refractivity contribution in [3.8, 4) is 0 Å². The van der Waals surface area contributed by atoms with E-state index in [2.05, 4.69) is 0 Å². The summed E-state index contributed by atoms with van der Waals surface area (Å²) in [6, 6.07) is 0. The maximum Gasteiger partial charge on any atom is 0.327 e. The molecule has 1 saturated carbocycles. The van der Waals surface area contributed by atoms with Crippen LogP contribution in [0.15, 0.2) is 12.2 Å². The minimum Gasteiger partial charge on any atom is -0.478 e. The van der Waals surface area contributed by atoms with Gasteiger partial charge in [-0.3, -0.25) is 0 Å². The fourth-order valence-electron chi connectivity index (χ4n) is 2.18. The van der Waals surface area contributed by atoms with E-state index in [4.69, 9.17) is 5.11 Å². The molecule has 0 spiro atoms. The summed E-state index contributed by atoms with van der Waals surface area (Å²) in [7, 11) is 0. The topological polar surface area (TPSA) is 54.4 Å². The van der Waals surface area contributed by atoms with Gasteiger partial charge in [0.1, 0.15) is 6.29 Å². The van der Waals surface area contributed by atoms with Gasteiger partial charge in [0.25, 0.3) is 0 Å². The molecule has 84 valence electrons. The Morgan fingerprint density at radius 1 is 1.47 bits per heavy atom. The molecule has 0 aromatic rings. The summed E-state index contributed by atoms with van der Waals surface area (Å²) in [5.74, 6) is -0.557. The van der Waals surface area contributed by atoms with Crippen LogP contribution in [0.5, 0.6) is 0 Å². The number of hydrogen-bond acceptors (Lipinski definition) is 2. The van der Waals surface area contributed by atoms with Gasteiger partial charge >= 0.3 is 5.97 Å². The number of rotatable bonds is 4. The van der Waals surface area contributed by atoms with E-state index in [0.29, 0.717) is 5.92 Å². The van der Waals surface area contributed by atoms with E-state index in [0.717, 1.165) is 38.4 Å². The van der Waals surface area contributed by atoms with Crippen molar-refractivity contribution in [2.24, 2.45) is 11.3 Å². The number of hydrogen-bond donors (Lipinski definition) is 1. The quantitative estimate of drug-likeness (QED) is 0.572. The third-order valence-corrected chi connectivity index (χ3v) is 3.49. The molecule has 1 aliphatic rings. The Labute approximate surface area is 90.2 Å². The highest BCUT2D eigenvalue weighted by molar-refractivity contribution is 5.79. The van der Waals surface area contributed by atoms with Gasteiger partial charge < -0.3 is 9.90 Å². The molecule has 0 saturated heterocycles. The number of carboxylic acids is 1. The summed E-state index contributed by atoms with van der Waals surface area (Å²) >= 11 is 0. The number of carbonyl (C=O) groups is 2. The number of carbonyl (C=O) groups excluding carboxylic acids is 1. The summed E-state index contributed by atoms with van der Waals surface area (Å²) in [6.07, 6.45) is 8.59. The molecule has 1 fully saturated rings. The lowest BCUT2D eigenvalue weighted by Gasteiger charge is -2.34. The molecule has 0 aromatic heterocycles. The highest BCUT2D eigenvalue weighted by Crippen LogP contribution is 2.40. The van der Waals surface area contributed by atoms with Gasteiger partial charge in [0.2, 0.25) is 0 Å². The van der Waals surface area contributed by atoms with Crippen LogP contribution in [0.25, 0.3) is 0 Å². The molecule has 0 aliphatic heterocycles. The van der Waals surface area contributed by atoms with E-state index in [1.54, 1.807) is 6.08 Å². The first-order chi connectivity index (χ1) is 7.12. The van der Waals surface area contributed by atoms with Crippen molar-refractivity contribution in [1.82, 2.24) is 0 Å². The Balaban J connectivity index is 2.48. The molecule has 1 N–H and O–H groups in total. The molecular formula is C12H18O3. The molecule has 0 heterocycles. The normalized spacial score (nSPS) is 31.7. The van der Waals surface area contributed by atoms with Gasteiger partial charge in [0.15, 0.2) is 0 Å². The van der Waals surface area contributed by atoms with Gasteiger partial charge in [-0.05, 0) is 38.0 Å². The van der Waals surface area contributed by atoms with E-state index < -0.39 is 5.97 Å². The van der Waals surface area contributed by atoms with Crippen LogP contribution in [0.3, 0.4) is 0 Å². The van der Waals surface area contributed by atoms with E-state index in [-0.39, 0.29) is 5.41 Å². The molecule has 0 unspecified atom stereocenters. The molecule has 0 aromatic carbocycles. The Bertz CT molecular complexity index is 260. The molecule has 1 aliphatic carbocycles. The summed E-state index contributed by atoms with van der Waals surface area (Å²) < 4.78 is 0. The molecule has 3 nitrogen and oxygen atoms in total. The monoisotopic (exact) mass is 210 g/mol. The van der Waals surface area contributed by atoms with Crippen LogP contribution in [0.2, 0.25) is 0 Å². The molecule has 1 rings (SSSR count). The first-order valence-corrected chi connectivity index (χ1v) is 5.49. The molecule has 0 amide bonds. The summed E-state index contributed by atoms with van der Waals surface area (Å²) in [5.41, 5.74) is -0.131. The van der Waals surface area contributed by atoms with Gasteiger partial charge in [0.05, 0.1) is 0 Å². The van der Waals surface area contributed by atoms with Crippen LogP contribution >= 0.6 is 0 Å². The van der Waals surface area contributed by atoms with Crippen molar-refractivity contribution < 1.29 is 14.7 Å². The Kier molecular flexibility index (Phi) is 4.06. The van der Waals surface area contributed by atoms with E-state index >= 15 is 0 Å². The molecule has 15 heavy (non-hydrogen) atoms. The first kappa shape index (κ1) is 12.0. The van der Waals surface area contributed by atoms with Crippen molar-refractivity contribution in [2.75, 3.05) is 0 Å². The highest BCUT2D eigenvalue weighted by Gasteiger charge is 2.32. The average molecular weight is 210 g/mol. The van der Waals surface area contributed by atoms with E-state index in [1.165, 1.54) is 6.08 Å². The summed E-state index contributed by atoms with van der Waals surface area (Å²) in [6.45, 7) is 2.04. The van der Waals surface area contributed by atoms with Crippen LogP contribution in [-0.2, 0) is 9.59 Å².